The second-order valence-corrected chi connectivity index (χ2v) is 4.00. The SMILES string of the molecule is CCCOc1ccc(OCCC)c(CNC)c1. The topological polar surface area (TPSA) is 30.5 Å². The summed E-state index contributed by atoms with van der Waals surface area (Å²) in [5.74, 6) is 1.87. The van der Waals surface area contributed by atoms with Crippen LogP contribution >= 0.6 is 0 Å². The molecule has 0 saturated heterocycles. The van der Waals surface area contributed by atoms with Gasteiger partial charge in [-0.3, -0.25) is 0 Å². The van der Waals surface area contributed by atoms with Crippen molar-refractivity contribution >= 4 is 0 Å². The molecule has 96 valence electrons. The summed E-state index contributed by atoms with van der Waals surface area (Å²) >= 11 is 0. The van der Waals surface area contributed by atoms with E-state index < -0.39 is 0 Å². The van der Waals surface area contributed by atoms with Crippen LogP contribution in [0.1, 0.15) is 32.3 Å². The fraction of sp³-hybridized carbons (Fsp3) is 0.571. The highest BCUT2D eigenvalue weighted by Crippen LogP contribution is 2.24. The van der Waals surface area contributed by atoms with Gasteiger partial charge in [0, 0.05) is 12.1 Å². The van der Waals surface area contributed by atoms with E-state index in [2.05, 4.69) is 25.2 Å². The summed E-state index contributed by atoms with van der Waals surface area (Å²) in [5, 5.41) is 3.15. The quantitative estimate of drug-likeness (QED) is 0.754. The average molecular weight is 237 g/mol. The van der Waals surface area contributed by atoms with Gasteiger partial charge >= 0.3 is 0 Å². The molecule has 1 aromatic rings. The Labute approximate surface area is 104 Å². The van der Waals surface area contributed by atoms with E-state index in [1.807, 2.05) is 19.2 Å². The van der Waals surface area contributed by atoms with Crippen LogP contribution in [-0.2, 0) is 6.54 Å². The smallest absolute Gasteiger partial charge is 0.124 e. The number of ether oxygens (including phenoxy) is 2. The molecule has 1 N–H and O–H groups in total. The molecule has 0 amide bonds. The predicted molar refractivity (Wildman–Crippen MR) is 70.8 cm³/mol. The molecule has 3 nitrogen and oxygen atoms in total. The van der Waals surface area contributed by atoms with Gasteiger partial charge in [0.1, 0.15) is 11.5 Å². The fourth-order valence-electron chi connectivity index (χ4n) is 1.55. The van der Waals surface area contributed by atoms with Gasteiger partial charge in [-0.25, -0.2) is 0 Å². The van der Waals surface area contributed by atoms with Gasteiger partial charge in [-0.1, -0.05) is 13.8 Å². The molecule has 0 bridgehead atoms. The maximum atomic E-state index is 5.70. The highest BCUT2D eigenvalue weighted by molar-refractivity contribution is 5.40. The molecule has 0 aliphatic rings. The lowest BCUT2D eigenvalue weighted by Crippen LogP contribution is -2.08. The third-order valence-corrected chi connectivity index (χ3v) is 2.33. The molecule has 0 aromatic heterocycles. The first-order valence-electron chi connectivity index (χ1n) is 6.34. The predicted octanol–water partition coefficient (Wildman–Crippen LogP) is 2.98. The van der Waals surface area contributed by atoms with Crippen molar-refractivity contribution in [1.82, 2.24) is 5.32 Å². The highest BCUT2D eigenvalue weighted by Gasteiger charge is 2.05. The lowest BCUT2D eigenvalue weighted by molar-refractivity contribution is 0.305. The van der Waals surface area contributed by atoms with Crippen molar-refractivity contribution in [3.8, 4) is 11.5 Å². The number of hydrogen-bond donors (Lipinski definition) is 1. The third kappa shape index (κ3) is 4.65. The van der Waals surface area contributed by atoms with Gasteiger partial charge in [-0.15, -0.1) is 0 Å². The summed E-state index contributed by atoms with van der Waals surface area (Å²) in [4.78, 5) is 0. The monoisotopic (exact) mass is 237 g/mol. The molecular formula is C14H23NO2. The molecule has 0 unspecified atom stereocenters. The van der Waals surface area contributed by atoms with Crippen molar-refractivity contribution in [1.29, 1.82) is 0 Å². The van der Waals surface area contributed by atoms with Crippen molar-refractivity contribution in [2.45, 2.75) is 33.2 Å². The van der Waals surface area contributed by atoms with Gasteiger partial charge in [0.2, 0.25) is 0 Å². The van der Waals surface area contributed by atoms with Crippen LogP contribution in [0.2, 0.25) is 0 Å². The van der Waals surface area contributed by atoms with E-state index in [9.17, 15) is 0 Å². The zero-order valence-electron chi connectivity index (χ0n) is 11.1. The molecule has 0 saturated carbocycles. The van der Waals surface area contributed by atoms with Gasteiger partial charge in [-0.05, 0) is 38.1 Å². The number of benzene rings is 1. The molecule has 0 radical (unpaired) electrons. The highest BCUT2D eigenvalue weighted by atomic mass is 16.5. The molecule has 1 aromatic carbocycles. The van der Waals surface area contributed by atoms with Crippen LogP contribution in [0, 0.1) is 0 Å². The molecule has 0 fully saturated rings. The standard InChI is InChI=1S/C14H23NO2/c1-4-8-16-13-6-7-14(17-9-5-2)12(10-13)11-15-3/h6-7,10,15H,4-5,8-9,11H2,1-3H3. The van der Waals surface area contributed by atoms with Crippen LogP contribution in [0.4, 0.5) is 0 Å². The van der Waals surface area contributed by atoms with Crippen molar-refractivity contribution in [2.75, 3.05) is 20.3 Å². The number of nitrogens with one attached hydrogen (secondary N) is 1. The maximum absolute atomic E-state index is 5.70. The Morgan fingerprint density at radius 2 is 1.76 bits per heavy atom. The fourth-order valence-corrected chi connectivity index (χ4v) is 1.55. The first-order chi connectivity index (χ1) is 8.31. The van der Waals surface area contributed by atoms with Crippen molar-refractivity contribution < 1.29 is 9.47 Å². The Balaban J connectivity index is 2.75. The Kier molecular flexibility index (Phi) is 6.48. The van der Waals surface area contributed by atoms with Gasteiger partial charge < -0.3 is 14.8 Å². The van der Waals surface area contributed by atoms with Crippen molar-refractivity contribution in [3.63, 3.8) is 0 Å². The average Bonchev–Trinajstić information content (AvgIpc) is 2.35. The Morgan fingerprint density at radius 1 is 1.06 bits per heavy atom. The molecule has 1 rings (SSSR count). The minimum Gasteiger partial charge on any atom is -0.494 e. The van der Waals surface area contributed by atoms with Crippen LogP contribution in [0.25, 0.3) is 0 Å². The molecular weight excluding hydrogens is 214 g/mol. The zero-order chi connectivity index (χ0) is 12.5. The van der Waals surface area contributed by atoms with E-state index in [1.165, 1.54) is 0 Å². The summed E-state index contributed by atoms with van der Waals surface area (Å²) in [6, 6.07) is 6.02. The molecule has 0 aliphatic heterocycles. The van der Waals surface area contributed by atoms with E-state index in [0.717, 1.165) is 49.7 Å². The second kappa shape index (κ2) is 7.96. The van der Waals surface area contributed by atoms with E-state index in [4.69, 9.17) is 9.47 Å². The summed E-state index contributed by atoms with van der Waals surface area (Å²) in [6.45, 7) is 6.52. The van der Waals surface area contributed by atoms with Crippen LogP contribution in [-0.4, -0.2) is 20.3 Å². The Bertz CT molecular complexity index is 326. The molecule has 0 aliphatic carbocycles. The molecule has 17 heavy (non-hydrogen) atoms. The lowest BCUT2D eigenvalue weighted by atomic mass is 10.2. The van der Waals surface area contributed by atoms with E-state index in [-0.39, 0.29) is 0 Å². The summed E-state index contributed by atoms with van der Waals surface area (Å²) in [6.07, 6.45) is 2.04. The molecule has 3 heteroatoms. The maximum Gasteiger partial charge on any atom is 0.124 e. The van der Waals surface area contributed by atoms with Gasteiger partial charge in [-0.2, -0.15) is 0 Å². The van der Waals surface area contributed by atoms with Crippen LogP contribution in [0.3, 0.4) is 0 Å². The Morgan fingerprint density at radius 3 is 2.41 bits per heavy atom. The molecule has 0 atom stereocenters. The van der Waals surface area contributed by atoms with Crippen LogP contribution < -0.4 is 14.8 Å². The zero-order valence-corrected chi connectivity index (χ0v) is 11.1. The minimum absolute atomic E-state index is 0.756. The summed E-state index contributed by atoms with van der Waals surface area (Å²) in [7, 11) is 1.93. The van der Waals surface area contributed by atoms with Crippen LogP contribution in [0.5, 0.6) is 11.5 Å². The van der Waals surface area contributed by atoms with Crippen LogP contribution in [0.15, 0.2) is 18.2 Å². The Hall–Kier alpha value is -1.22. The third-order valence-electron chi connectivity index (χ3n) is 2.33. The van der Waals surface area contributed by atoms with Gasteiger partial charge in [0.05, 0.1) is 13.2 Å². The molecule has 0 spiro atoms. The normalized spacial score (nSPS) is 10.3. The van der Waals surface area contributed by atoms with E-state index >= 15 is 0 Å². The first kappa shape index (κ1) is 13.8. The van der Waals surface area contributed by atoms with Crippen molar-refractivity contribution in [2.24, 2.45) is 0 Å². The largest absolute Gasteiger partial charge is 0.494 e. The summed E-state index contributed by atoms with van der Waals surface area (Å²) < 4.78 is 11.3. The first-order valence-corrected chi connectivity index (χ1v) is 6.34. The van der Waals surface area contributed by atoms with E-state index in [0.29, 0.717) is 0 Å². The minimum atomic E-state index is 0.756. The lowest BCUT2D eigenvalue weighted by Gasteiger charge is -2.13. The van der Waals surface area contributed by atoms with Crippen molar-refractivity contribution in [3.05, 3.63) is 23.8 Å². The van der Waals surface area contributed by atoms with Gasteiger partial charge in [0.25, 0.3) is 0 Å². The number of hydrogen-bond acceptors (Lipinski definition) is 3. The van der Waals surface area contributed by atoms with E-state index in [1.54, 1.807) is 0 Å². The summed E-state index contributed by atoms with van der Waals surface area (Å²) in [5.41, 5.74) is 1.15. The number of rotatable bonds is 8. The van der Waals surface area contributed by atoms with Gasteiger partial charge in [0.15, 0.2) is 0 Å². The second-order valence-electron chi connectivity index (χ2n) is 4.00. The molecule has 0 heterocycles.